The van der Waals surface area contributed by atoms with Crippen LogP contribution in [0.4, 0.5) is 5.82 Å². The van der Waals surface area contributed by atoms with E-state index in [0.717, 1.165) is 22.1 Å². The highest BCUT2D eigenvalue weighted by Gasteiger charge is 2.07. The molecule has 96 valence electrons. The molecule has 0 atom stereocenters. The van der Waals surface area contributed by atoms with Crippen molar-refractivity contribution < 1.29 is 0 Å². The minimum atomic E-state index is 0.302. The van der Waals surface area contributed by atoms with Gasteiger partial charge >= 0.3 is 0 Å². The number of rotatable bonds is 4. The van der Waals surface area contributed by atoms with Gasteiger partial charge in [-0.2, -0.15) is 0 Å². The summed E-state index contributed by atoms with van der Waals surface area (Å²) in [6, 6.07) is 1.87. The van der Waals surface area contributed by atoms with Crippen molar-refractivity contribution in [3.05, 3.63) is 34.7 Å². The van der Waals surface area contributed by atoms with E-state index >= 15 is 0 Å². The van der Waals surface area contributed by atoms with Crippen molar-refractivity contribution in [3.8, 4) is 0 Å². The van der Waals surface area contributed by atoms with Gasteiger partial charge in [-0.3, -0.25) is 0 Å². The second kappa shape index (κ2) is 5.48. The lowest BCUT2D eigenvalue weighted by Crippen LogP contribution is -2.08. The van der Waals surface area contributed by atoms with Crippen molar-refractivity contribution in [3.63, 3.8) is 0 Å². The summed E-state index contributed by atoms with van der Waals surface area (Å²) in [4.78, 5) is 13.1. The highest BCUT2D eigenvalue weighted by Crippen LogP contribution is 2.17. The van der Waals surface area contributed by atoms with Crippen LogP contribution in [0.3, 0.4) is 0 Å². The lowest BCUT2D eigenvalue weighted by Gasteiger charge is -2.09. The molecule has 1 N–H and O–H groups in total. The largest absolute Gasteiger partial charge is 0.363 e. The fraction of sp³-hybridized carbons (Fsp3) is 0.417. The average molecular weight is 310 g/mol. The van der Waals surface area contributed by atoms with Crippen molar-refractivity contribution in [1.82, 2.24) is 19.5 Å². The first-order chi connectivity index (χ1) is 8.56. The van der Waals surface area contributed by atoms with Gasteiger partial charge in [-0.1, -0.05) is 13.8 Å². The average Bonchev–Trinajstić information content (AvgIpc) is 2.71. The monoisotopic (exact) mass is 309 g/mol. The van der Waals surface area contributed by atoms with E-state index in [1.54, 1.807) is 6.20 Å². The molecule has 0 aromatic carbocycles. The van der Waals surface area contributed by atoms with E-state index in [4.69, 9.17) is 0 Å². The zero-order valence-electron chi connectivity index (χ0n) is 10.7. The van der Waals surface area contributed by atoms with Gasteiger partial charge in [-0.05, 0) is 15.9 Å². The SMILES string of the molecule is CC(C)c1nc(Br)cc(NCc2nccn2C)n1. The molecule has 0 spiro atoms. The van der Waals surface area contributed by atoms with Crippen molar-refractivity contribution in [2.75, 3.05) is 5.32 Å². The quantitative estimate of drug-likeness (QED) is 0.882. The molecule has 0 bridgehead atoms. The zero-order valence-corrected chi connectivity index (χ0v) is 12.3. The number of aromatic nitrogens is 4. The molecule has 0 saturated heterocycles. The molecule has 0 aliphatic heterocycles. The van der Waals surface area contributed by atoms with Crippen LogP contribution in [0.1, 0.15) is 31.4 Å². The third-order valence-electron chi connectivity index (χ3n) is 2.58. The normalized spacial score (nSPS) is 10.9. The van der Waals surface area contributed by atoms with E-state index in [9.17, 15) is 0 Å². The van der Waals surface area contributed by atoms with E-state index < -0.39 is 0 Å². The highest BCUT2D eigenvalue weighted by atomic mass is 79.9. The van der Waals surface area contributed by atoms with Crippen molar-refractivity contribution in [2.45, 2.75) is 26.3 Å². The van der Waals surface area contributed by atoms with Gasteiger partial charge in [-0.25, -0.2) is 15.0 Å². The summed E-state index contributed by atoms with van der Waals surface area (Å²) < 4.78 is 2.77. The Morgan fingerprint density at radius 2 is 2.17 bits per heavy atom. The van der Waals surface area contributed by atoms with Gasteiger partial charge in [-0.15, -0.1) is 0 Å². The molecule has 2 rings (SSSR count). The Hall–Kier alpha value is -1.43. The predicted octanol–water partition coefficient (Wildman–Crippen LogP) is 2.71. The standard InChI is InChI=1S/C12H16BrN5/c1-8(2)12-16-9(13)6-10(17-12)15-7-11-14-4-5-18(11)3/h4-6,8H,7H2,1-3H3,(H,15,16,17). The highest BCUT2D eigenvalue weighted by molar-refractivity contribution is 9.10. The second-order valence-corrected chi connectivity index (χ2v) is 5.21. The number of nitrogens with one attached hydrogen (secondary N) is 1. The van der Waals surface area contributed by atoms with E-state index in [1.807, 2.05) is 23.9 Å². The number of anilines is 1. The van der Waals surface area contributed by atoms with Crippen LogP contribution in [-0.4, -0.2) is 19.5 Å². The van der Waals surface area contributed by atoms with Gasteiger partial charge < -0.3 is 9.88 Å². The molecule has 2 aromatic rings. The van der Waals surface area contributed by atoms with Crippen LogP contribution in [0, 0.1) is 0 Å². The van der Waals surface area contributed by atoms with E-state index in [1.165, 1.54) is 0 Å². The molecule has 18 heavy (non-hydrogen) atoms. The summed E-state index contributed by atoms with van der Waals surface area (Å²) >= 11 is 3.40. The molecule has 0 saturated carbocycles. The third-order valence-corrected chi connectivity index (χ3v) is 2.98. The van der Waals surface area contributed by atoms with Crippen LogP contribution in [0.15, 0.2) is 23.1 Å². The Labute approximate surface area is 115 Å². The first kappa shape index (κ1) is 13.0. The molecule has 2 aromatic heterocycles. The number of hydrogen-bond donors (Lipinski definition) is 1. The summed E-state index contributed by atoms with van der Waals surface area (Å²) in [5.41, 5.74) is 0. The van der Waals surface area contributed by atoms with Crippen molar-refractivity contribution >= 4 is 21.7 Å². The maximum Gasteiger partial charge on any atom is 0.134 e. The summed E-state index contributed by atoms with van der Waals surface area (Å²) in [6.45, 7) is 4.79. The Balaban J connectivity index is 2.12. The van der Waals surface area contributed by atoms with E-state index in [2.05, 4.69) is 50.0 Å². The molecule has 5 nitrogen and oxygen atoms in total. The number of aryl methyl sites for hydroxylation is 1. The van der Waals surface area contributed by atoms with E-state index in [-0.39, 0.29) is 0 Å². The van der Waals surface area contributed by atoms with Gasteiger partial charge in [0.05, 0.1) is 6.54 Å². The molecule has 0 radical (unpaired) electrons. The maximum absolute atomic E-state index is 4.47. The second-order valence-electron chi connectivity index (χ2n) is 4.40. The summed E-state index contributed by atoms with van der Waals surface area (Å²) in [7, 11) is 1.97. The molecule has 0 unspecified atom stereocenters. The zero-order chi connectivity index (χ0) is 13.1. The Morgan fingerprint density at radius 1 is 1.39 bits per heavy atom. The van der Waals surface area contributed by atoms with E-state index in [0.29, 0.717) is 12.5 Å². The van der Waals surface area contributed by atoms with Gasteiger partial charge in [0.1, 0.15) is 22.1 Å². The molecule has 0 aliphatic carbocycles. The van der Waals surface area contributed by atoms with Crippen LogP contribution in [-0.2, 0) is 13.6 Å². The van der Waals surface area contributed by atoms with Crippen LogP contribution in [0.25, 0.3) is 0 Å². The van der Waals surface area contributed by atoms with Crippen LogP contribution in [0.5, 0.6) is 0 Å². The molecule has 6 heteroatoms. The fourth-order valence-corrected chi connectivity index (χ4v) is 1.92. The number of halogens is 1. The molecule has 0 aliphatic rings. The lowest BCUT2D eigenvalue weighted by atomic mass is 10.2. The lowest BCUT2D eigenvalue weighted by molar-refractivity contribution is 0.765. The summed E-state index contributed by atoms with van der Waals surface area (Å²) in [5.74, 6) is 2.90. The predicted molar refractivity (Wildman–Crippen MR) is 74.4 cm³/mol. The smallest absolute Gasteiger partial charge is 0.134 e. The topological polar surface area (TPSA) is 55.6 Å². The molecular weight excluding hydrogens is 294 g/mol. The van der Waals surface area contributed by atoms with Gasteiger partial charge in [0.25, 0.3) is 0 Å². The Morgan fingerprint density at radius 3 is 2.78 bits per heavy atom. The van der Waals surface area contributed by atoms with Crippen molar-refractivity contribution in [1.29, 1.82) is 0 Å². The Kier molecular flexibility index (Phi) is 3.96. The number of hydrogen-bond acceptors (Lipinski definition) is 4. The Bertz CT molecular complexity index is 535. The summed E-state index contributed by atoms with van der Waals surface area (Å²) in [6.07, 6.45) is 3.71. The van der Waals surface area contributed by atoms with Crippen molar-refractivity contribution in [2.24, 2.45) is 7.05 Å². The minimum absolute atomic E-state index is 0.302. The number of imidazole rings is 1. The molecule has 2 heterocycles. The first-order valence-electron chi connectivity index (χ1n) is 5.81. The fourth-order valence-electron chi connectivity index (χ4n) is 1.52. The maximum atomic E-state index is 4.47. The first-order valence-corrected chi connectivity index (χ1v) is 6.60. The summed E-state index contributed by atoms with van der Waals surface area (Å²) in [5, 5.41) is 3.26. The minimum Gasteiger partial charge on any atom is -0.363 e. The van der Waals surface area contributed by atoms with Gasteiger partial charge in [0, 0.05) is 31.4 Å². The van der Waals surface area contributed by atoms with Crippen LogP contribution < -0.4 is 5.32 Å². The molecular formula is C12H16BrN5. The van der Waals surface area contributed by atoms with Gasteiger partial charge in [0.15, 0.2) is 0 Å². The number of nitrogens with zero attached hydrogens (tertiary/aromatic N) is 4. The van der Waals surface area contributed by atoms with Crippen LogP contribution in [0.2, 0.25) is 0 Å². The van der Waals surface area contributed by atoms with Crippen LogP contribution >= 0.6 is 15.9 Å². The third kappa shape index (κ3) is 3.07. The molecule has 0 amide bonds. The molecule has 0 fully saturated rings. The van der Waals surface area contributed by atoms with Gasteiger partial charge in [0.2, 0.25) is 0 Å².